The summed E-state index contributed by atoms with van der Waals surface area (Å²) >= 11 is 11.9. The summed E-state index contributed by atoms with van der Waals surface area (Å²) in [6, 6.07) is 2.94. The van der Waals surface area contributed by atoms with Crippen molar-refractivity contribution in [3.63, 3.8) is 0 Å². The minimum Gasteiger partial charge on any atom is -0.494 e. The van der Waals surface area contributed by atoms with Gasteiger partial charge < -0.3 is 24.4 Å². The van der Waals surface area contributed by atoms with E-state index in [0.717, 1.165) is 0 Å². The molecule has 0 saturated carbocycles. The summed E-state index contributed by atoms with van der Waals surface area (Å²) in [4.78, 5) is 12.2. The van der Waals surface area contributed by atoms with E-state index in [4.69, 9.17) is 37.4 Å². The van der Waals surface area contributed by atoms with Gasteiger partial charge >= 0.3 is 5.97 Å². The molecular weight excluding hydrogens is 323 g/mol. The third kappa shape index (κ3) is 3.59. The van der Waals surface area contributed by atoms with Crippen molar-refractivity contribution in [1.29, 1.82) is 0 Å². The zero-order valence-corrected chi connectivity index (χ0v) is 12.6. The number of aliphatic hydroxyl groups excluding tert-OH is 2. The van der Waals surface area contributed by atoms with Crippen molar-refractivity contribution in [3.05, 3.63) is 27.7 Å². The molecule has 21 heavy (non-hydrogen) atoms. The van der Waals surface area contributed by atoms with Crippen molar-refractivity contribution in [1.82, 2.24) is 0 Å². The van der Waals surface area contributed by atoms with Gasteiger partial charge in [-0.2, -0.15) is 0 Å². The van der Waals surface area contributed by atoms with Crippen LogP contribution in [0, 0.1) is 0 Å². The summed E-state index contributed by atoms with van der Waals surface area (Å²) < 4.78 is 15.2. The highest BCUT2D eigenvalue weighted by Crippen LogP contribution is 2.34. The molecule has 2 rings (SSSR count). The summed E-state index contributed by atoms with van der Waals surface area (Å²) in [6.45, 7) is -0.116. The zero-order chi connectivity index (χ0) is 15.6. The number of hydrogen-bond acceptors (Lipinski definition) is 6. The Bertz CT molecular complexity index is 536. The van der Waals surface area contributed by atoms with Crippen LogP contribution in [-0.2, 0) is 9.47 Å². The van der Waals surface area contributed by atoms with Crippen molar-refractivity contribution in [2.45, 2.75) is 24.9 Å². The van der Waals surface area contributed by atoms with Crippen molar-refractivity contribution in [3.8, 4) is 5.75 Å². The first-order chi connectivity index (χ1) is 9.93. The molecule has 1 fully saturated rings. The van der Waals surface area contributed by atoms with Crippen LogP contribution in [0.3, 0.4) is 0 Å². The molecule has 1 aromatic carbocycles. The second-order valence-electron chi connectivity index (χ2n) is 4.47. The molecule has 6 nitrogen and oxygen atoms in total. The second-order valence-corrected chi connectivity index (χ2v) is 5.29. The maximum Gasteiger partial charge on any atom is 0.343 e. The molecule has 1 saturated heterocycles. The molecule has 0 aromatic heterocycles. The number of carbonyl (C=O) groups is 1. The number of methoxy groups -OCH3 is 1. The van der Waals surface area contributed by atoms with Crippen LogP contribution in [0.5, 0.6) is 5.75 Å². The predicted octanol–water partition coefficient (Wildman–Crippen LogP) is 1.63. The second kappa shape index (κ2) is 6.81. The van der Waals surface area contributed by atoms with Crippen LogP contribution in [0.2, 0.25) is 10.0 Å². The van der Waals surface area contributed by atoms with Crippen molar-refractivity contribution >= 4 is 29.2 Å². The molecule has 1 heterocycles. The fourth-order valence-electron chi connectivity index (χ4n) is 1.98. The SMILES string of the molecule is COc1c(Cl)ccc(Cl)c1C(=O)OC1COC(O)CC1O. The number of benzene rings is 1. The number of halogens is 2. The molecule has 1 aliphatic rings. The fourth-order valence-corrected chi connectivity index (χ4v) is 2.44. The highest BCUT2D eigenvalue weighted by Gasteiger charge is 2.33. The first-order valence-electron chi connectivity index (χ1n) is 6.14. The third-order valence-corrected chi connectivity index (χ3v) is 3.66. The monoisotopic (exact) mass is 336 g/mol. The summed E-state index contributed by atoms with van der Waals surface area (Å²) in [7, 11) is 1.35. The third-order valence-electron chi connectivity index (χ3n) is 3.05. The largest absolute Gasteiger partial charge is 0.494 e. The first-order valence-corrected chi connectivity index (χ1v) is 6.90. The van der Waals surface area contributed by atoms with Crippen LogP contribution in [0.1, 0.15) is 16.8 Å². The van der Waals surface area contributed by atoms with Gasteiger partial charge in [-0.1, -0.05) is 23.2 Å². The van der Waals surface area contributed by atoms with E-state index in [9.17, 15) is 15.0 Å². The molecule has 0 bridgehead atoms. The minimum absolute atomic E-state index is 0.0232. The lowest BCUT2D eigenvalue weighted by molar-refractivity contribution is -0.194. The van der Waals surface area contributed by atoms with E-state index in [2.05, 4.69) is 0 Å². The first kappa shape index (κ1) is 16.3. The van der Waals surface area contributed by atoms with Crippen molar-refractivity contribution in [2.24, 2.45) is 0 Å². The number of hydrogen-bond donors (Lipinski definition) is 2. The molecule has 116 valence electrons. The van der Waals surface area contributed by atoms with Crippen LogP contribution >= 0.6 is 23.2 Å². The van der Waals surface area contributed by atoms with E-state index in [1.54, 1.807) is 0 Å². The smallest absolute Gasteiger partial charge is 0.343 e. The van der Waals surface area contributed by atoms with E-state index in [0.29, 0.717) is 0 Å². The van der Waals surface area contributed by atoms with Crippen molar-refractivity contribution in [2.75, 3.05) is 13.7 Å². The lowest BCUT2D eigenvalue weighted by Gasteiger charge is -2.30. The van der Waals surface area contributed by atoms with Gasteiger partial charge in [0.05, 0.1) is 29.9 Å². The fraction of sp³-hybridized carbons (Fsp3) is 0.462. The van der Waals surface area contributed by atoms with Gasteiger partial charge in [0.15, 0.2) is 18.1 Å². The molecule has 0 aliphatic carbocycles. The van der Waals surface area contributed by atoms with E-state index in [1.165, 1.54) is 19.2 Å². The summed E-state index contributed by atoms with van der Waals surface area (Å²) in [5, 5.41) is 19.3. The summed E-state index contributed by atoms with van der Waals surface area (Å²) in [6.07, 6.45) is -3.04. The van der Waals surface area contributed by atoms with Gasteiger partial charge in [0.1, 0.15) is 5.56 Å². The maximum atomic E-state index is 12.2. The predicted molar refractivity (Wildman–Crippen MR) is 74.8 cm³/mol. The van der Waals surface area contributed by atoms with Gasteiger partial charge in [0, 0.05) is 6.42 Å². The average Bonchev–Trinajstić information content (AvgIpc) is 2.43. The van der Waals surface area contributed by atoms with Gasteiger partial charge in [-0.15, -0.1) is 0 Å². The minimum atomic E-state index is -1.07. The molecular formula is C13H14Cl2O6. The lowest BCUT2D eigenvalue weighted by Crippen LogP contribution is -2.43. The lowest BCUT2D eigenvalue weighted by atomic mass is 10.1. The van der Waals surface area contributed by atoms with E-state index >= 15 is 0 Å². The average molecular weight is 337 g/mol. The van der Waals surface area contributed by atoms with Crippen LogP contribution in [0.4, 0.5) is 0 Å². The van der Waals surface area contributed by atoms with E-state index in [1.807, 2.05) is 0 Å². The summed E-state index contributed by atoms with van der Waals surface area (Å²) in [5.74, 6) is -0.691. The summed E-state index contributed by atoms with van der Waals surface area (Å²) in [5.41, 5.74) is -0.0232. The van der Waals surface area contributed by atoms with E-state index in [-0.39, 0.29) is 34.4 Å². The van der Waals surface area contributed by atoms with Crippen molar-refractivity contribution < 1.29 is 29.2 Å². The Balaban J connectivity index is 2.19. The van der Waals surface area contributed by atoms with Crippen LogP contribution in [-0.4, -0.2) is 48.4 Å². The maximum absolute atomic E-state index is 12.2. The molecule has 0 amide bonds. The van der Waals surface area contributed by atoms with Gasteiger partial charge in [-0.05, 0) is 12.1 Å². The molecule has 8 heteroatoms. The number of carbonyl (C=O) groups excluding carboxylic acids is 1. The molecule has 3 unspecified atom stereocenters. The van der Waals surface area contributed by atoms with Crippen LogP contribution < -0.4 is 4.74 Å². The molecule has 1 aliphatic heterocycles. The molecule has 0 radical (unpaired) electrons. The van der Waals surface area contributed by atoms with Gasteiger partial charge in [0.25, 0.3) is 0 Å². The van der Waals surface area contributed by atoms with E-state index < -0.39 is 24.5 Å². The zero-order valence-electron chi connectivity index (χ0n) is 11.1. The Labute approximate surface area is 131 Å². The topological polar surface area (TPSA) is 85.2 Å². The Kier molecular flexibility index (Phi) is 5.29. The van der Waals surface area contributed by atoms with Gasteiger partial charge in [-0.25, -0.2) is 4.79 Å². The highest BCUT2D eigenvalue weighted by molar-refractivity contribution is 6.37. The molecule has 1 aromatic rings. The Morgan fingerprint density at radius 3 is 2.62 bits per heavy atom. The number of rotatable bonds is 3. The van der Waals surface area contributed by atoms with Gasteiger partial charge in [0.2, 0.25) is 0 Å². The standard InChI is InChI=1S/C13H14Cl2O6/c1-19-12-7(15)3-2-6(14)11(12)13(18)21-9-5-20-10(17)4-8(9)16/h2-3,8-10,16-17H,4-5H2,1H3. The number of ether oxygens (including phenoxy) is 3. The molecule has 0 spiro atoms. The Morgan fingerprint density at radius 1 is 1.33 bits per heavy atom. The molecule has 3 atom stereocenters. The van der Waals surface area contributed by atoms with Crippen LogP contribution in [0.15, 0.2) is 12.1 Å². The number of esters is 1. The van der Waals surface area contributed by atoms with Gasteiger partial charge in [-0.3, -0.25) is 0 Å². The quantitative estimate of drug-likeness (QED) is 0.816. The molecule has 2 N–H and O–H groups in total. The normalized spacial score (nSPS) is 25.5. The van der Waals surface area contributed by atoms with Crippen LogP contribution in [0.25, 0.3) is 0 Å². The Hall–Kier alpha value is -1.05. The number of aliphatic hydroxyl groups is 2. The Morgan fingerprint density at radius 2 is 2.00 bits per heavy atom. The highest BCUT2D eigenvalue weighted by atomic mass is 35.5.